The lowest BCUT2D eigenvalue weighted by Crippen LogP contribution is -2.66. The number of nitrogens with zero attached hydrogens (tertiary/aromatic N) is 1. The van der Waals surface area contributed by atoms with Crippen LogP contribution in [-0.2, 0) is 18.9 Å². The quantitative estimate of drug-likeness (QED) is 0.327. The third-order valence-electron chi connectivity index (χ3n) is 10.9. The third-order valence-corrected chi connectivity index (χ3v) is 10.9. The maximum absolute atomic E-state index is 11.9. The fourth-order valence-corrected chi connectivity index (χ4v) is 8.88. The van der Waals surface area contributed by atoms with Crippen LogP contribution in [0.3, 0.4) is 0 Å². The summed E-state index contributed by atoms with van der Waals surface area (Å²) in [5, 5.41) is 21.2. The molecule has 0 heterocycles. The lowest BCUT2D eigenvalue weighted by atomic mass is 9.43. The fraction of sp³-hybridized carbons (Fsp3) is 0.964. The first-order chi connectivity index (χ1) is 16.3. The molecule has 0 radical (unpaired) electrons. The van der Waals surface area contributed by atoms with Gasteiger partial charge < -0.3 is 24.1 Å². The predicted octanol–water partition coefficient (Wildman–Crippen LogP) is 5.58. The van der Waals surface area contributed by atoms with Crippen LogP contribution in [0, 0.1) is 39.9 Å². The van der Waals surface area contributed by atoms with Gasteiger partial charge >= 0.3 is 0 Å². The van der Waals surface area contributed by atoms with Gasteiger partial charge in [-0.05, 0) is 101 Å². The van der Waals surface area contributed by atoms with Crippen molar-refractivity contribution < 1.29 is 24.1 Å². The minimum absolute atomic E-state index is 0.283. The molecule has 0 aromatic carbocycles. The highest BCUT2D eigenvalue weighted by atomic mass is 16.7. The highest BCUT2D eigenvalue weighted by Crippen LogP contribution is 2.71. The number of fused-ring (bicyclic) bond motifs is 5. The van der Waals surface area contributed by atoms with Crippen LogP contribution >= 0.6 is 0 Å². The van der Waals surface area contributed by atoms with E-state index in [1.165, 1.54) is 12.8 Å². The Morgan fingerprint density at radius 3 is 2.41 bits per heavy atom. The van der Waals surface area contributed by atoms with Gasteiger partial charge in [0.1, 0.15) is 13.6 Å². The molecular formula is C28H47NO5. The molecule has 0 amide bonds. The van der Waals surface area contributed by atoms with Crippen LogP contribution in [0.4, 0.5) is 0 Å². The third kappa shape index (κ3) is 4.14. The zero-order chi connectivity index (χ0) is 24.5. The van der Waals surface area contributed by atoms with Crippen molar-refractivity contribution in [1.29, 1.82) is 5.26 Å². The number of nitriles is 1. The minimum Gasteiger partial charge on any atom is -0.389 e. The highest BCUT2D eigenvalue weighted by Gasteiger charge is 2.72. The Bertz CT molecular complexity index is 741. The Morgan fingerprint density at radius 1 is 0.912 bits per heavy atom. The average Bonchev–Trinajstić information content (AvgIpc) is 3.06. The van der Waals surface area contributed by atoms with E-state index in [-0.39, 0.29) is 23.2 Å². The van der Waals surface area contributed by atoms with Crippen molar-refractivity contribution in [2.45, 2.75) is 116 Å². The van der Waals surface area contributed by atoms with Gasteiger partial charge in [-0.25, -0.2) is 0 Å². The van der Waals surface area contributed by atoms with Crippen molar-refractivity contribution in [2.24, 2.45) is 28.6 Å². The molecule has 3 unspecified atom stereocenters. The van der Waals surface area contributed by atoms with Crippen molar-refractivity contribution in [2.75, 3.05) is 26.8 Å². The Balaban J connectivity index is 1.58. The normalized spacial score (nSPS) is 45.8. The molecule has 8 atom stereocenters. The lowest BCUT2D eigenvalue weighted by molar-refractivity contribution is -0.280. The van der Waals surface area contributed by atoms with E-state index >= 15 is 0 Å². The molecule has 4 aliphatic carbocycles. The summed E-state index contributed by atoms with van der Waals surface area (Å²) in [6.07, 6.45) is 10.6. The first-order valence-electron chi connectivity index (χ1n) is 13.8. The molecule has 4 rings (SSSR count). The molecule has 4 saturated carbocycles. The van der Waals surface area contributed by atoms with Gasteiger partial charge in [-0.3, -0.25) is 0 Å². The maximum atomic E-state index is 11.9. The first kappa shape index (κ1) is 26.4. The van der Waals surface area contributed by atoms with Gasteiger partial charge in [0, 0.05) is 25.0 Å². The van der Waals surface area contributed by atoms with E-state index < -0.39 is 5.60 Å². The Morgan fingerprint density at radius 2 is 1.68 bits per heavy atom. The van der Waals surface area contributed by atoms with Gasteiger partial charge in [-0.2, -0.15) is 5.26 Å². The van der Waals surface area contributed by atoms with Gasteiger partial charge in [-0.15, -0.1) is 0 Å². The summed E-state index contributed by atoms with van der Waals surface area (Å²) >= 11 is 0. The van der Waals surface area contributed by atoms with Crippen LogP contribution < -0.4 is 0 Å². The van der Waals surface area contributed by atoms with Crippen LogP contribution in [0.25, 0.3) is 0 Å². The van der Waals surface area contributed by atoms with Crippen molar-refractivity contribution in [3.8, 4) is 6.07 Å². The molecule has 1 N–H and O–H groups in total. The second kappa shape index (κ2) is 10.3. The average molecular weight is 478 g/mol. The van der Waals surface area contributed by atoms with Gasteiger partial charge in [0.25, 0.3) is 0 Å². The van der Waals surface area contributed by atoms with Crippen molar-refractivity contribution in [3.05, 3.63) is 0 Å². The molecule has 4 aliphatic rings. The molecule has 6 nitrogen and oxygen atoms in total. The summed E-state index contributed by atoms with van der Waals surface area (Å²) in [7, 11) is 0. The number of hydrogen-bond acceptors (Lipinski definition) is 6. The van der Waals surface area contributed by atoms with E-state index in [1.54, 1.807) is 0 Å². The summed E-state index contributed by atoms with van der Waals surface area (Å²) in [5.41, 5.74) is -1.30. The largest absolute Gasteiger partial charge is 0.389 e. The molecule has 0 saturated heterocycles. The SMILES string of the molecule is CCOCOC1CC[C@@]2(C)C(CC[C@@H]3[C@H]2CC[C@]2(C)C(O)(CCC#N)CC[C@@]32OCOCC)C1. The predicted molar refractivity (Wildman–Crippen MR) is 130 cm³/mol. The Kier molecular flexibility index (Phi) is 8.02. The first-order valence-corrected chi connectivity index (χ1v) is 13.8. The van der Waals surface area contributed by atoms with Crippen LogP contribution in [-0.4, -0.2) is 49.2 Å². The van der Waals surface area contributed by atoms with Crippen molar-refractivity contribution in [3.63, 3.8) is 0 Å². The molecule has 6 heteroatoms. The molecular weight excluding hydrogens is 430 g/mol. The zero-order valence-corrected chi connectivity index (χ0v) is 21.9. The van der Waals surface area contributed by atoms with E-state index in [4.69, 9.17) is 18.9 Å². The number of rotatable bonds is 10. The molecule has 0 aromatic heterocycles. The van der Waals surface area contributed by atoms with E-state index in [0.717, 1.165) is 38.5 Å². The fourth-order valence-electron chi connectivity index (χ4n) is 8.88. The maximum Gasteiger partial charge on any atom is 0.147 e. The molecule has 0 aromatic rings. The summed E-state index contributed by atoms with van der Waals surface area (Å²) in [5.74, 6) is 1.68. The number of aliphatic hydroxyl groups is 1. The van der Waals surface area contributed by atoms with Crippen molar-refractivity contribution in [1.82, 2.24) is 0 Å². The summed E-state index contributed by atoms with van der Waals surface area (Å²) in [4.78, 5) is 0. The van der Waals surface area contributed by atoms with E-state index in [9.17, 15) is 10.4 Å². The molecule has 0 spiro atoms. The summed E-state index contributed by atoms with van der Waals surface area (Å²) in [6, 6.07) is 2.27. The van der Waals surface area contributed by atoms with Gasteiger partial charge in [0.2, 0.25) is 0 Å². The summed E-state index contributed by atoms with van der Waals surface area (Å²) in [6.45, 7) is 10.8. The molecule has 34 heavy (non-hydrogen) atoms. The van der Waals surface area contributed by atoms with Gasteiger partial charge in [0.15, 0.2) is 0 Å². The smallest absolute Gasteiger partial charge is 0.147 e. The van der Waals surface area contributed by atoms with E-state index in [0.29, 0.717) is 63.1 Å². The van der Waals surface area contributed by atoms with Crippen LogP contribution in [0.5, 0.6) is 0 Å². The van der Waals surface area contributed by atoms with Crippen LogP contribution in [0.1, 0.15) is 98.3 Å². The monoisotopic (exact) mass is 477 g/mol. The molecule has 0 bridgehead atoms. The van der Waals surface area contributed by atoms with Crippen LogP contribution in [0.15, 0.2) is 0 Å². The molecule has 0 aliphatic heterocycles. The highest BCUT2D eigenvalue weighted by molar-refractivity contribution is 5.22. The van der Waals surface area contributed by atoms with E-state index in [1.807, 2.05) is 13.8 Å². The summed E-state index contributed by atoms with van der Waals surface area (Å²) < 4.78 is 24.0. The van der Waals surface area contributed by atoms with Crippen molar-refractivity contribution >= 4 is 0 Å². The Hall–Kier alpha value is -0.710. The number of hydrogen-bond donors (Lipinski definition) is 1. The topological polar surface area (TPSA) is 80.9 Å². The second-order valence-corrected chi connectivity index (χ2v) is 11.9. The van der Waals surface area contributed by atoms with Gasteiger partial charge in [0.05, 0.1) is 23.4 Å². The lowest BCUT2D eigenvalue weighted by Gasteiger charge is -2.65. The van der Waals surface area contributed by atoms with E-state index in [2.05, 4.69) is 19.9 Å². The minimum atomic E-state index is -0.845. The second-order valence-electron chi connectivity index (χ2n) is 11.9. The van der Waals surface area contributed by atoms with Crippen LogP contribution in [0.2, 0.25) is 0 Å². The zero-order valence-electron chi connectivity index (χ0n) is 21.9. The Labute approximate surface area is 206 Å². The standard InChI is InChI=1S/C28H47NO5/c1-5-31-19-33-22-10-13-25(3)21(18-22)8-9-24-23(25)11-14-26(4)27(30,12-7-17-29)15-16-28(24,26)34-20-32-6-2/h21-24,30H,5-16,18-20H2,1-4H3/t21?,22?,23-,24-,25+,26-,27?,28-/m1/s1. The number of ether oxygens (including phenoxy) is 4. The molecule has 194 valence electrons. The molecule has 4 fully saturated rings. The van der Waals surface area contributed by atoms with Gasteiger partial charge in [-0.1, -0.05) is 13.8 Å².